The molecule has 0 saturated carbocycles. The molecule has 3 rings (SSSR count). The summed E-state index contributed by atoms with van der Waals surface area (Å²) in [7, 11) is 0. The fourth-order valence-electron chi connectivity index (χ4n) is 2.19. The van der Waals surface area contributed by atoms with Crippen molar-refractivity contribution >= 4 is 28.4 Å². The van der Waals surface area contributed by atoms with Gasteiger partial charge in [-0.15, -0.1) is 11.3 Å². The van der Waals surface area contributed by atoms with Gasteiger partial charge in [0.1, 0.15) is 18.1 Å². The average molecular weight is 340 g/mol. The van der Waals surface area contributed by atoms with E-state index in [1.165, 1.54) is 11.3 Å². The summed E-state index contributed by atoms with van der Waals surface area (Å²) in [5, 5.41) is 5.89. The van der Waals surface area contributed by atoms with Crippen LogP contribution in [0, 0.1) is 6.92 Å². The first-order chi connectivity index (χ1) is 11.7. The second-order valence-electron chi connectivity index (χ2n) is 4.97. The Morgan fingerprint density at radius 3 is 3.00 bits per heavy atom. The third-order valence-corrected chi connectivity index (χ3v) is 4.04. The molecule has 122 valence electrons. The average Bonchev–Trinajstić information content (AvgIpc) is 3.13. The predicted molar refractivity (Wildman–Crippen MR) is 95.0 cm³/mol. The molecule has 7 heteroatoms. The highest BCUT2D eigenvalue weighted by atomic mass is 32.1. The number of nitrogens with zero attached hydrogens (tertiary/aromatic N) is 3. The first-order valence-electron chi connectivity index (χ1n) is 7.28. The topological polar surface area (TPSA) is 68.0 Å². The van der Waals surface area contributed by atoms with Crippen molar-refractivity contribution in [3.8, 4) is 5.75 Å². The molecule has 0 aliphatic carbocycles. The normalized spacial score (nSPS) is 11.0. The zero-order chi connectivity index (χ0) is 16.9. The van der Waals surface area contributed by atoms with Crippen LogP contribution >= 0.6 is 11.3 Å². The van der Waals surface area contributed by atoms with Gasteiger partial charge in [-0.05, 0) is 36.8 Å². The van der Waals surface area contributed by atoms with Crippen LogP contribution in [0.1, 0.15) is 21.7 Å². The van der Waals surface area contributed by atoms with Gasteiger partial charge < -0.3 is 4.74 Å². The number of hydrogen-bond acceptors (Lipinski definition) is 5. The van der Waals surface area contributed by atoms with E-state index in [1.54, 1.807) is 23.6 Å². The lowest BCUT2D eigenvalue weighted by atomic mass is 10.2. The van der Waals surface area contributed by atoms with E-state index < -0.39 is 0 Å². The Hall–Kier alpha value is -2.93. The first kappa shape index (κ1) is 15.9. The monoisotopic (exact) mass is 340 g/mol. The lowest BCUT2D eigenvalue weighted by Gasteiger charge is -2.03. The Morgan fingerprint density at radius 2 is 2.25 bits per heavy atom. The van der Waals surface area contributed by atoms with Crippen molar-refractivity contribution in [1.29, 1.82) is 0 Å². The highest BCUT2D eigenvalue weighted by Crippen LogP contribution is 2.16. The minimum atomic E-state index is -0.291. The number of rotatable bonds is 6. The van der Waals surface area contributed by atoms with E-state index in [9.17, 15) is 4.79 Å². The molecule has 0 aliphatic rings. The van der Waals surface area contributed by atoms with E-state index in [4.69, 9.17) is 4.74 Å². The zero-order valence-electron chi connectivity index (χ0n) is 13.1. The highest BCUT2D eigenvalue weighted by Gasteiger charge is 2.16. The first-order valence-corrected chi connectivity index (χ1v) is 8.16. The van der Waals surface area contributed by atoms with Crippen molar-refractivity contribution in [1.82, 2.24) is 14.8 Å². The van der Waals surface area contributed by atoms with Gasteiger partial charge in [0, 0.05) is 11.6 Å². The predicted octanol–water partition coefficient (Wildman–Crippen LogP) is 3.03. The van der Waals surface area contributed by atoms with Crippen molar-refractivity contribution < 1.29 is 9.53 Å². The largest absolute Gasteiger partial charge is 0.490 e. The fraction of sp³-hybridized carbons (Fsp3) is 0.118. The van der Waals surface area contributed by atoms with E-state index in [1.807, 2.05) is 35.8 Å². The molecular formula is C17H16N4O2S. The fourth-order valence-corrected chi connectivity index (χ4v) is 2.95. The number of aromatic nitrogens is 2. The number of hydrogen-bond donors (Lipinski definition) is 1. The molecule has 0 spiro atoms. The molecule has 24 heavy (non-hydrogen) atoms. The molecule has 0 fully saturated rings. The Kier molecular flexibility index (Phi) is 4.72. The van der Waals surface area contributed by atoms with E-state index in [0.717, 1.165) is 16.3 Å². The lowest BCUT2D eigenvalue weighted by molar-refractivity contribution is 0.0948. The van der Waals surface area contributed by atoms with Crippen LogP contribution in [0.4, 0.5) is 0 Å². The Bertz CT molecular complexity index is 893. The third kappa shape index (κ3) is 3.36. The van der Waals surface area contributed by atoms with Gasteiger partial charge >= 0.3 is 0 Å². The van der Waals surface area contributed by atoms with E-state index >= 15 is 0 Å². The second-order valence-corrected chi connectivity index (χ2v) is 5.84. The molecule has 0 bridgehead atoms. The van der Waals surface area contributed by atoms with Crippen LogP contribution in [-0.4, -0.2) is 28.1 Å². The summed E-state index contributed by atoms with van der Waals surface area (Å²) in [6.45, 7) is 5.87. The Labute approximate surface area is 143 Å². The van der Waals surface area contributed by atoms with Gasteiger partial charge in [0.05, 0.1) is 11.9 Å². The number of carbonyl (C=O) groups is 1. The number of hydrazone groups is 1. The van der Waals surface area contributed by atoms with Crippen molar-refractivity contribution in [2.45, 2.75) is 6.92 Å². The summed E-state index contributed by atoms with van der Waals surface area (Å²) >= 11 is 1.48. The number of benzene rings is 1. The smallest absolute Gasteiger partial charge is 0.290 e. The van der Waals surface area contributed by atoms with Crippen LogP contribution in [0.15, 0.2) is 53.6 Å². The molecule has 0 unspecified atom stereocenters. The molecule has 0 saturated heterocycles. The standard InChI is InChI=1S/C17H16N4O2S/c1-3-9-23-14-6-4-13(5-7-14)11-18-20-16(22)15-12(2)19-17-21(15)8-10-24-17/h3-8,10-11H,1,9H2,2H3,(H,20,22)/b18-11-. The highest BCUT2D eigenvalue weighted by molar-refractivity contribution is 7.15. The van der Waals surface area contributed by atoms with Crippen molar-refractivity contribution in [2.75, 3.05) is 6.61 Å². The molecule has 0 atom stereocenters. The summed E-state index contributed by atoms with van der Waals surface area (Å²) in [6.07, 6.45) is 5.09. The van der Waals surface area contributed by atoms with Gasteiger partial charge in [-0.1, -0.05) is 12.7 Å². The SMILES string of the molecule is C=CCOc1ccc(/C=N\NC(=O)c2c(C)nc3sccn23)cc1. The molecular weight excluding hydrogens is 324 g/mol. The summed E-state index contributed by atoms with van der Waals surface area (Å²) in [4.78, 5) is 17.4. The molecule has 1 amide bonds. The second kappa shape index (κ2) is 7.10. The van der Waals surface area contributed by atoms with E-state index in [0.29, 0.717) is 18.0 Å². The maximum Gasteiger partial charge on any atom is 0.290 e. The Morgan fingerprint density at radius 1 is 1.46 bits per heavy atom. The van der Waals surface area contributed by atoms with Crippen LogP contribution < -0.4 is 10.2 Å². The third-order valence-electron chi connectivity index (χ3n) is 3.28. The van der Waals surface area contributed by atoms with Crippen LogP contribution in [0.3, 0.4) is 0 Å². The van der Waals surface area contributed by atoms with Gasteiger partial charge in [0.2, 0.25) is 0 Å². The van der Waals surface area contributed by atoms with Crippen LogP contribution in [0.25, 0.3) is 4.96 Å². The van der Waals surface area contributed by atoms with Gasteiger partial charge in [0.25, 0.3) is 5.91 Å². The maximum atomic E-state index is 12.3. The van der Waals surface area contributed by atoms with E-state index in [2.05, 4.69) is 22.1 Å². The number of nitrogens with one attached hydrogen (secondary N) is 1. The number of carbonyl (C=O) groups excluding carboxylic acids is 1. The summed E-state index contributed by atoms with van der Waals surface area (Å²) < 4.78 is 7.17. The summed E-state index contributed by atoms with van der Waals surface area (Å²) in [6, 6.07) is 7.38. The molecule has 2 aromatic heterocycles. The Balaban J connectivity index is 1.65. The van der Waals surface area contributed by atoms with Crippen molar-refractivity contribution in [2.24, 2.45) is 5.10 Å². The number of thiazole rings is 1. The summed E-state index contributed by atoms with van der Waals surface area (Å²) in [5.41, 5.74) is 4.56. The van der Waals surface area contributed by atoms with Crippen molar-refractivity contribution in [3.63, 3.8) is 0 Å². The molecule has 3 aromatic rings. The van der Waals surface area contributed by atoms with Crippen LogP contribution in [0.2, 0.25) is 0 Å². The molecule has 1 aromatic carbocycles. The van der Waals surface area contributed by atoms with E-state index in [-0.39, 0.29) is 5.91 Å². The van der Waals surface area contributed by atoms with Crippen LogP contribution in [0.5, 0.6) is 5.75 Å². The molecule has 0 aliphatic heterocycles. The molecule has 6 nitrogen and oxygen atoms in total. The molecule has 0 radical (unpaired) electrons. The maximum absolute atomic E-state index is 12.3. The van der Waals surface area contributed by atoms with Gasteiger partial charge in [-0.25, -0.2) is 10.4 Å². The zero-order valence-corrected chi connectivity index (χ0v) is 13.9. The number of fused-ring (bicyclic) bond motifs is 1. The van der Waals surface area contributed by atoms with Crippen LogP contribution in [-0.2, 0) is 0 Å². The lowest BCUT2D eigenvalue weighted by Crippen LogP contribution is -2.20. The number of ether oxygens (including phenoxy) is 1. The molecule has 1 N–H and O–H groups in total. The minimum absolute atomic E-state index is 0.291. The number of aryl methyl sites for hydroxylation is 1. The number of amides is 1. The van der Waals surface area contributed by atoms with Gasteiger partial charge in [-0.3, -0.25) is 9.20 Å². The van der Waals surface area contributed by atoms with Crippen molar-refractivity contribution in [3.05, 3.63) is 65.4 Å². The van der Waals surface area contributed by atoms with Gasteiger partial charge in [0.15, 0.2) is 4.96 Å². The van der Waals surface area contributed by atoms with Gasteiger partial charge in [-0.2, -0.15) is 5.10 Å². The molecule has 2 heterocycles. The minimum Gasteiger partial charge on any atom is -0.490 e. The quantitative estimate of drug-likeness (QED) is 0.426. The number of imidazole rings is 1. The summed E-state index contributed by atoms with van der Waals surface area (Å²) in [5.74, 6) is 0.464.